The van der Waals surface area contributed by atoms with E-state index < -0.39 is 35.4 Å². The zero-order valence-corrected chi connectivity index (χ0v) is 26.6. The smallest absolute Gasteiger partial charge is 0.220 e. The van der Waals surface area contributed by atoms with Crippen LogP contribution in [0.15, 0.2) is 42.5 Å². The highest BCUT2D eigenvalue weighted by Crippen LogP contribution is 2.36. The minimum absolute atomic E-state index is 0.0528. The Morgan fingerprint density at radius 2 is 1.62 bits per heavy atom. The van der Waals surface area contributed by atoms with Crippen LogP contribution in [-0.4, -0.2) is 88.1 Å². The number of Topliss-reactive ketones (excluding diaryl/α,β-unsaturated/α-hetero) is 1. The van der Waals surface area contributed by atoms with Crippen molar-refractivity contribution < 1.29 is 29.6 Å². The number of hydrogen-bond acceptors (Lipinski definition) is 8. The van der Waals surface area contributed by atoms with Crippen LogP contribution >= 0.6 is 11.8 Å². The number of ether oxygens (including phenoxy) is 1. The van der Waals surface area contributed by atoms with Gasteiger partial charge in [-0.2, -0.15) is 0 Å². The third-order valence-electron chi connectivity index (χ3n) is 7.95. The van der Waals surface area contributed by atoms with Crippen molar-refractivity contribution in [2.45, 2.75) is 94.7 Å². The van der Waals surface area contributed by atoms with Crippen LogP contribution in [0.3, 0.4) is 0 Å². The number of rotatable bonds is 14. The molecule has 9 heteroatoms. The summed E-state index contributed by atoms with van der Waals surface area (Å²) < 4.78 is 5.95. The molecule has 1 saturated heterocycles. The highest BCUT2D eigenvalue weighted by atomic mass is 32.2. The molecule has 0 saturated carbocycles. The van der Waals surface area contributed by atoms with Crippen LogP contribution in [0.25, 0.3) is 0 Å². The number of thioether (sulfide) groups is 1. The Labute approximate surface area is 254 Å². The minimum atomic E-state index is -1.28. The van der Waals surface area contributed by atoms with Crippen molar-refractivity contribution in [3.63, 3.8) is 0 Å². The van der Waals surface area contributed by atoms with Gasteiger partial charge < -0.3 is 30.3 Å². The van der Waals surface area contributed by atoms with Crippen LogP contribution in [-0.2, 0) is 27.2 Å². The molecule has 1 amide bonds. The van der Waals surface area contributed by atoms with Crippen molar-refractivity contribution >= 4 is 23.5 Å². The summed E-state index contributed by atoms with van der Waals surface area (Å²) in [6.45, 7) is 6.43. The second-order valence-electron chi connectivity index (χ2n) is 12.2. The highest BCUT2D eigenvalue weighted by molar-refractivity contribution is 7.99. The predicted octanol–water partition coefficient (Wildman–Crippen LogP) is 3.56. The fourth-order valence-electron chi connectivity index (χ4n) is 5.22. The Hall–Kier alpha value is -2.27. The Bertz CT molecular complexity index is 1180. The number of nitrogens with zero attached hydrogens (tertiary/aromatic N) is 1. The molecule has 42 heavy (non-hydrogen) atoms. The van der Waals surface area contributed by atoms with Gasteiger partial charge in [0.05, 0.1) is 5.54 Å². The summed E-state index contributed by atoms with van der Waals surface area (Å²) in [5.74, 6) is -0.0528. The zero-order valence-electron chi connectivity index (χ0n) is 25.8. The summed E-state index contributed by atoms with van der Waals surface area (Å²) in [5.41, 5.74) is 3.76. The van der Waals surface area contributed by atoms with E-state index in [9.17, 15) is 24.9 Å². The molecule has 232 valence electrons. The summed E-state index contributed by atoms with van der Waals surface area (Å²) in [7, 11) is 3.96. The summed E-state index contributed by atoms with van der Waals surface area (Å²) in [5, 5.41) is 34.0. The molecule has 0 aliphatic carbocycles. The first-order chi connectivity index (χ1) is 19.8. The molecule has 1 aliphatic heterocycles. The lowest BCUT2D eigenvalue weighted by Gasteiger charge is -2.40. The van der Waals surface area contributed by atoms with Gasteiger partial charge in [0.25, 0.3) is 0 Å². The molecule has 0 aromatic heterocycles. The molecule has 0 spiro atoms. The van der Waals surface area contributed by atoms with Gasteiger partial charge in [-0.1, -0.05) is 42.5 Å². The van der Waals surface area contributed by atoms with Gasteiger partial charge >= 0.3 is 0 Å². The van der Waals surface area contributed by atoms with Crippen molar-refractivity contribution in [2.24, 2.45) is 0 Å². The molecule has 3 rings (SSSR count). The predicted molar refractivity (Wildman–Crippen MR) is 168 cm³/mol. The number of benzene rings is 2. The lowest BCUT2D eigenvalue weighted by molar-refractivity contribution is -0.200. The maximum atomic E-state index is 12.6. The lowest BCUT2D eigenvalue weighted by atomic mass is 9.91. The first-order valence-electron chi connectivity index (χ1n) is 14.7. The normalized spacial score (nSPS) is 22.8. The molecule has 2 aromatic rings. The fraction of sp³-hybridized carbons (Fsp3) is 0.576. The monoisotopic (exact) mass is 600 g/mol. The van der Waals surface area contributed by atoms with E-state index in [1.54, 1.807) is 20.1 Å². The van der Waals surface area contributed by atoms with E-state index in [0.717, 1.165) is 47.2 Å². The van der Waals surface area contributed by atoms with Gasteiger partial charge in [-0.25, -0.2) is 0 Å². The van der Waals surface area contributed by atoms with Crippen LogP contribution < -0.4 is 5.32 Å². The van der Waals surface area contributed by atoms with E-state index >= 15 is 0 Å². The minimum Gasteiger partial charge on any atom is -0.387 e. The molecule has 0 radical (unpaired) electrons. The molecule has 0 bridgehead atoms. The van der Waals surface area contributed by atoms with E-state index in [0.29, 0.717) is 25.7 Å². The topological polar surface area (TPSA) is 119 Å². The molecule has 1 heterocycles. The number of ketones is 1. The molecule has 1 aliphatic rings. The van der Waals surface area contributed by atoms with Crippen LogP contribution in [0.1, 0.15) is 73.5 Å². The number of carbonyl (C=O) groups excluding carboxylic acids is 2. The van der Waals surface area contributed by atoms with Crippen molar-refractivity contribution in [1.82, 2.24) is 10.2 Å². The largest absolute Gasteiger partial charge is 0.387 e. The van der Waals surface area contributed by atoms with E-state index in [4.69, 9.17) is 4.74 Å². The van der Waals surface area contributed by atoms with Crippen LogP contribution in [0, 0.1) is 6.92 Å². The Balaban J connectivity index is 1.53. The molecular formula is C33H48N2O6S. The standard InChI is InChI=1S/C33H48N2O6S/c1-21-12-17-24(31-29(39)28(38)30(40)32(41-31)42-6)20-25(21)19-23-15-13-22(14-16-23)9-7-11-27(37)34-33(2,3)26(36)10-8-18-35(4)5/h12-17,20,28-32,38-40H,7-11,18-19H2,1-6H3,(H,34,37)/t28-,29-,30+,31?,32-/m1/s1. The Morgan fingerprint density at radius 3 is 2.26 bits per heavy atom. The van der Waals surface area contributed by atoms with Crippen molar-refractivity contribution in [2.75, 3.05) is 26.9 Å². The highest BCUT2D eigenvalue weighted by Gasteiger charge is 2.44. The maximum Gasteiger partial charge on any atom is 0.220 e. The SMILES string of the molecule is CS[C@H]1OC(c2ccc(C)c(Cc3ccc(CCCC(=O)NC(C)(C)C(=O)CCCN(C)C)cc3)c2)[C@H](O)[C@@H](O)[C@@H]1O. The fourth-order valence-corrected chi connectivity index (χ4v) is 5.89. The quantitative estimate of drug-likeness (QED) is 0.260. The van der Waals surface area contributed by atoms with Gasteiger partial charge in [0.15, 0.2) is 5.78 Å². The number of amides is 1. The van der Waals surface area contributed by atoms with Gasteiger partial charge in [0, 0.05) is 12.8 Å². The molecule has 5 atom stereocenters. The number of aliphatic hydroxyl groups is 3. The molecular weight excluding hydrogens is 552 g/mol. The van der Waals surface area contributed by atoms with Crippen molar-refractivity contribution in [3.05, 3.63) is 70.3 Å². The van der Waals surface area contributed by atoms with Gasteiger partial charge in [-0.15, -0.1) is 11.8 Å². The second-order valence-corrected chi connectivity index (χ2v) is 13.1. The first-order valence-corrected chi connectivity index (χ1v) is 16.0. The van der Waals surface area contributed by atoms with E-state index in [2.05, 4.69) is 29.6 Å². The van der Waals surface area contributed by atoms with Crippen molar-refractivity contribution in [3.8, 4) is 0 Å². The van der Waals surface area contributed by atoms with Gasteiger partial charge in [0.2, 0.25) is 5.91 Å². The average molecular weight is 601 g/mol. The summed E-state index contributed by atoms with van der Waals surface area (Å²) in [6.07, 6.45) is 1.15. The van der Waals surface area contributed by atoms with Crippen LogP contribution in [0.4, 0.5) is 0 Å². The summed E-state index contributed by atoms with van der Waals surface area (Å²) in [4.78, 5) is 27.1. The Morgan fingerprint density at radius 1 is 0.952 bits per heavy atom. The number of aryl methyl sites for hydroxylation is 2. The third kappa shape index (κ3) is 9.36. The summed E-state index contributed by atoms with van der Waals surface area (Å²) in [6, 6.07) is 14.2. The van der Waals surface area contributed by atoms with Gasteiger partial charge in [-0.3, -0.25) is 9.59 Å². The van der Waals surface area contributed by atoms with Crippen LogP contribution in [0.2, 0.25) is 0 Å². The number of carbonyl (C=O) groups is 2. The summed E-state index contributed by atoms with van der Waals surface area (Å²) >= 11 is 1.30. The zero-order chi connectivity index (χ0) is 31.0. The number of hydrogen-bond donors (Lipinski definition) is 4. The van der Waals surface area contributed by atoms with Gasteiger partial charge in [-0.05, 0) is 101 Å². The molecule has 8 nitrogen and oxygen atoms in total. The van der Waals surface area contributed by atoms with Crippen LogP contribution in [0.5, 0.6) is 0 Å². The number of nitrogens with one attached hydrogen (secondary N) is 1. The van der Waals surface area contributed by atoms with E-state index in [1.165, 1.54) is 11.8 Å². The maximum absolute atomic E-state index is 12.6. The first kappa shape index (κ1) is 34.2. The third-order valence-corrected chi connectivity index (χ3v) is 8.80. The van der Waals surface area contributed by atoms with Gasteiger partial charge in [0.1, 0.15) is 29.9 Å². The van der Waals surface area contributed by atoms with Crippen molar-refractivity contribution in [1.29, 1.82) is 0 Å². The lowest BCUT2D eigenvalue weighted by Crippen LogP contribution is -2.52. The molecule has 1 fully saturated rings. The number of aliphatic hydroxyl groups excluding tert-OH is 3. The average Bonchev–Trinajstić information content (AvgIpc) is 2.93. The molecule has 1 unspecified atom stereocenters. The van der Waals surface area contributed by atoms with E-state index in [1.807, 2.05) is 44.1 Å². The Kier molecular flexibility index (Phi) is 12.6. The second kappa shape index (κ2) is 15.5. The molecule has 2 aromatic carbocycles. The van der Waals surface area contributed by atoms with E-state index in [-0.39, 0.29) is 11.7 Å². The molecule has 4 N–H and O–H groups in total.